The van der Waals surface area contributed by atoms with E-state index in [1.54, 1.807) is 30.3 Å². The fraction of sp³-hybridized carbons (Fsp3) is 0.125. The van der Waals surface area contributed by atoms with Crippen molar-refractivity contribution in [2.45, 2.75) is 0 Å². The first-order valence-corrected chi connectivity index (χ1v) is 7.31. The van der Waals surface area contributed by atoms with E-state index < -0.39 is 11.7 Å². The van der Waals surface area contributed by atoms with E-state index in [4.69, 9.17) is 0 Å². The quantitative estimate of drug-likeness (QED) is 0.904. The minimum atomic E-state index is -0.433. The number of nitrogens with zero attached hydrogens (tertiary/aromatic N) is 1. The monoisotopic (exact) mass is 364 g/mol. The van der Waals surface area contributed by atoms with Gasteiger partial charge in [-0.15, -0.1) is 0 Å². The van der Waals surface area contributed by atoms with Crippen LogP contribution in [0, 0.1) is 5.82 Å². The first kappa shape index (κ1) is 16.2. The van der Waals surface area contributed by atoms with Crippen molar-refractivity contribution in [1.29, 1.82) is 0 Å². The van der Waals surface area contributed by atoms with Gasteiger partial charge in [-0.25, -0.2) is 4.39 Å². The highest BCUT2D eigenvalue weighted by Crippen LogP contribution is 2.12. The maximum atomic E-state index is 13.0. The van der Waals surface area contributed by atoms with E-state index in [2.05, 4.69) is 21.2 Å². The number of anilines is 1. The summed E-state index contributed by atoms with van der Waals surface area (Å²) >= 11 is 3.30. The van der Waals surface area contributed by atoms with Crippen LogP contribution in [0.1, 0.15) is 10.4 Å². The topological polar surface area (TPSA) is 49.4 Å². The van der Waals surface area contributed by atoms with Crippen molar-refractivity contribution in [3.05, 3.63) is 64.4 Å². The molecule has 2 rings (SSSR count). The van der Waals surface area contributed by atoms with Gasteiger partial charge in [0.1, 0.15) is 5.82 Å². The Balaban J connectivity index is 1.96. The van der Waals surface area contributed by atoms with Crippen molar-refractivity contribution in [1.82, 2.24) is 4.90 Å². The van der Waals surface area contributed by atoms with Gasteiger partial charge in [0.25, 0.3) is 5.91 Å². The van der Waals surface area contributed by atoms with E-state index in [-0.39, 0.29) is 12.5 Å². The van der Waals surface area contributed by atoms with Gasteiger partial charge >= 0.3 is 0 Å². The summed E-state index contributed by atoms with van der Waals surface area (Å²) in [5, 5.41) is 2.55. The molecule has 2 aromatic carbocycles. The Kier molecular flexibility index (Phi) is 5.27. The second-order valence-electron chi connectivity index (χ2n) is 4.73. The molecular weight excluding hydrogens is 351 g/mol. The number of halogens is 2. The minimum Gasteiger partial charge on any atom is -0.332 e. The van der Waals surface area contributed by atoms with Crippen LogP contribution in [-0.4, -0.2) is 30.3 Å². The molecule has 22 heavy (non-hydrogen) atoms. The van der Waals surface area contributed by atoms with E-state index in [0.29, 0.717) is 11.3 Å². The van der Waals surface area contributed by atoms with Crippen LogP contribution >= 0.6 is 15.9 Å². The molecule has 0 radical (unpaired) electrons. The molecule has 0 saturated heterocycles. The SMILES string of the molecule is CN(CC(=O)Nc1cccc(F)c1)C(=O)c1ccc(Br)cc1. The van der Waals surface area contributed by atoms with Gasteiger partial charge in [0.15, 0.2) is 0 Å². The van der Waals surface area contributed by atoms with E-state index in [1.807, 2.05) is 0 Å². The van der Waals surface area contributed by atoms with Crippen LogP contribution in [0.15, 0.2) is 53.0 Å². The summed E-state index contributed by atoms with van der Waals surface area (Å²) in [5.74, 6) is -1.09. The number of rotatable bonds is 4. The number of hydrogen-bond acceptors (Lipinski definition) is 2. The molecule has 0 unspecified atom stereocenters. The third-order valence-corrected chi connectivity index (χ3v) is 3.46. The van der Waals surface area contributed by atoms with Crippen LogP contribution in [-0.2, 0) is 4.79 Å². The largest absolute Gasteiger partial charge is 0.332 e. The van der Waals surface area contributed by atoms with Gasteiger partial charge in [-0.3, -0.25) is 9.59 Å². The summed E-state index contributed by atoms with van der Waals surface area (Å²) in [4.78, 5) is 25.4. The molecule has 0 aliphatic rings. The first-order valence-electron chi connectivity index (χ1n) is 6.52. The van der Waals surface area contributed by atoms with Crippen LogP contribution in [0.5, 0.6) is 0 Å². The zero-order valence-electron chi connectivity index (χ0n) is 11.8. The van der Waals surface area contributed by atoms with Crippen molar-refractivity contribution in [2.24, 2.45) is 0 Å². The van der Waals surface area contributed by atoms with Crippen LogP contribution in [0.3, 0.4) is 0 Å². The standard InChI is InChI=1S/C16H14BrFN2O2/c1-20(16(22)11-5-7-12(17)8-6-11)10-15(21)19-14-4-2-3-13(18)9-14/h2-9H,10H2,1H3,(H,19,21). The predicted molar refractivity (Wildman–Crippen MR) is 86.1 cm³/mol. The summed E-state index contributed by atoms with van der Waals surface area (Å²) in [6.45, 7) is -0.120. The van der Waals surface area contributed by atoms with Gasteiger partial charge in [-0.1, -0.05) is 22.0 Å². The Labute approximate surface area is 136 Å². The lowest BCUT2D eigenvalue weighted by Gasteiger charge is -2.17. The van der Waals surface area contributed by atoms with Crippen LogP contribution < -0.4 is 5.32 Å². The van der Waals surface area contributed by atoms with Gasteiger partial charge in [-0.05, 0) is 42.5 Å². The molecule has 0 aliphatic carbocycles. The van der Waals surface area contributed by atoms with Gasteiger partial charge in [0, 0.05) is 22.8 Å². The average Bonchev–Trinajstić information content (AvgIpc) is 2.47. The Morgan fingerprint density at radius 1 is 1.18 bits per heavy atom. The Hall–Kier alpha value is -2.21. The van der Waals surface area contributed by atoms with Crippen molar-refractivity contribution in [3.8, 4) is 0 Å². The molecule has 2 aromatic rings. The number of hydrogen-bond donors (Lipinski definition) is 1. The second-order valence-corrected chi connectivity index (χ2v) is 5.64. The molecule has 0 spiro atoms. The summed E-state index contributed by atoms with van der Waals surface area (Å²) in [6.07, 6.45) is 0. The molecule has 0 atom stereocenters. The Morgan fingerprint density at radius 2 is 1.86 bits per heavy atom. The molecule has 6 heteroatoms. The number of likely N-dealkylation sites (N-methyl/N-ethyl adjacent to an activating group) is 1. The molecule has 0 aromatic heterocycles. The third kappa shape index (κ3) is 4.39. The maximum Gasteiger partial charge on any atom is 0.254 e. The lowest BCUT2D eigenvalue weighted by atomic mass is 10.2. The van der Waals surface area contributed by atoms with Gasteiger partial charge in [0.05, 0.1) is 6.54 Å². The molecule has 4 nitrogen and oxygen atoms in total. The van der Waals surface area contributed by atoms with Gasteiger partial charge < -0.3 is 10.2 Å². The van der Waals surface area contributed by atoms with Crippen molar-refractivity contribution in [2.75, 3.05) is 18.9 Å². The van der Waals surface area contributed by atoms with Crippen molar-refractivity contribution >= 4 is 33.4 Å². The predicted octanol–water partition coefficient (Wildman–Crippen LogP) is 3.30. The van der Waals surface area contributed by atoms with Crippen molar-refractivity contribution in [3.63, 3.8) is 0 Å². The van der Waals surface area contributed by atoms with Crippen LogP contribution in [0.2, 0.25) is 0 Å². The minimum absolute atomic E-state index is 0.120. The van der Waals surface area contributed by atoms with Crippen LogP contribution in [0.25, 0.3) is 0 Å². The normalized spacial score (nSPS) is 10.1. The lowest BCUT2D eigenvalue weighted by molar-refractivity contribution is -0.116. The maximum absolute atomic E-state index is 13.0. The van der Waals surface area contributed by atoms with E-state index in [1.165, 1.54) is 30.1 Å². The van der Waals surface area contributed by atoms with E-state index in [9.17, 15) is 14.0 Å². The molecule has 0 heterocycles. The molecule has 0 saturated carbocycles. The Bertz CT molecular complexity index is 689. The average molecular weight is 365 g/mol. The van der Waals surface area contributed by atoms with E-state index >= 15 is 0 Å². The Morgan fingerprint density at radius 3 is 2.50 bits per heavy atom. The summed E-state index contributed by atoms with van der Waals surface area (Å²) in [7, 11) is 1.54. The summed E-state index contributed by atoms with van der Waals surface area (Å²) in [5.41, 5.74) is 0.846. The highest BCUT2D eigenvalue weighted by molar-refractivity contribution is 9.10. The highest BCUT2D eigenvalue weighted by Gasteiger charge is 2.15. The van der Waals surface area contributed by atoms with Crippen molar-refractivity contribution < 1.29 is 14.0 Å². The molecule has 114 valence electrons. The number of carbonyl (C=O) groups excluding carboxylic acids is 2. The second kappa shape index (κ2) is 7.17. The lowest BCUT2D eigenvalue weighted by Crippen LogP contribution is -2.34. The number of carbonyl (C=O) groups is 2. The zero-order valence-corrected chi connectivity index (χ0v) is 13.4. The molecule has 0 fully saturated rings. The molecule has 0 aliphatic heterocycles. The zero-order chi connectivity index (χ0) is 16.1. The summed E-state index contributed by atoms with van der Waals surface area (Å²) in [6, 6.07) is 12.5. The number of nitrogens with one attached hydrogen (secondary N) is 1. The van der Waals surface area contributed by atoms with Gasteiger partial charge in [0.2, 0.25) is 5.91 Å². The fourth-order valence-corrected chi connectivity index (χ4v) is 2.13. The highest BCUT2D eigenvalue weighted by atomic mass is 79.9. The first-order chi connectivity index (χ1) is 10.5. The number of amides is 2. The van der Waals surface area contributed by atoms with Crippen LogP contribution in [0.4, 0.5) is 10.1 Å². The molecule has 0 bridgehead atoms. The molecule has 1 N–H and O–H groups in total. The number of benzene rings is 2. The smallest absolute Gasteiger partial charge is 0.254 e. The van der Waals surface area contributed by atoms with E-state index in [0.717, 1.165) is 4.47 Å². The molecular formula is C16H14BrFN2O2. The molecule has 2 amide bonds. The third-order valence-electron chi connectivity index (χ3n) is 2.93. The van der Waals surface area contributed by atoms with Gasteiger partial charge in [-0.2, -0.15) is 0 Å². The summed E-state index contributed by atoms with van der Waals surface area (Å²) < 4.78 is 13.9. The fourth-order valence-electron chi connectivity index (χ4n) is 1.87.